The Hall–Kier alpha value is -1.22. The van der Waals surface area contributed by atoms with Gasteiger partial charge < -0.3 is 15.1 Å². The fourth-order valence-electron chi connectivity index (χ4n) is 4.01. The van der Waals surface area contributed by atoms with E-state index in [-0.39, 0.29) is 5.75 Å². The first kappa shape index (κ1) is 13.7. The van der Waals surface area contributed by atoms with Gasteiger partial charge in [0.05, 0.1) is 6.10 Å². The van der Waals surface area contributed by atoms with Gasteiger partial charge in [0.25, 0.3) is 0 Å². The number of benzene rings is 1. The maximum Gasteiger partial charge on any atom is 0.123 e. The van der Waals surface area contributed by atoms with Crippen molar-refractivity contribution in [3.63, 3.8) is 0 Å². The largest absolute Gasteiger partial charge is 0.507 e. The first-order chi connectivity index (χ1) is 9.66. The molecule has 1 saturated heterocycles. The molecule has 2 N–H and O–H groups in total. The molecule has 2 aliphatic rings. The third-order valence-corrected chi connectivity index (χ3v) is 5.04. The highest BCUT2D eigenvalue weighted by molar-refractivity contribution is 5.55. The van der Waals surface area contributed by atoms with Crippen LogP contribution in [0.2, 0.25) is 0 Å². The van der Waals surface area contributed by atoms with Crippen LogP contribution in [0.1, 0.15) is 57.1 Å². The summed E-state index contributed by atoms with van der Waals surface area (Å²) < 4.78 is 0. The van der Waals surface area contributed by atoms with Gasteiger partial charge in [-0.3, -0.25) is 0 Å². The van der Waals surface area contributed by atoms with Gasteiger partial charge in [-0.2, -0.15) is 0 Å². The Balaban J connectivity index is 1.85. The third kappa shape index (κ3) is 2.51. The fourth-order valence-corrected chi connectivity index (χ4v) is 4.01. The Morgan fingerprint density at radius 2 is 1.90 bits per heavy atom. The van der Waals surface area contributed by atoms with Crippen molar-refractivity contribution in [2.45, 2.75) is 57.6 Å². The molecule has 0 radical (unpaired) electrons. The van der Waals surface area contributed by atoms with Crippen LogP contribution in [0.15, 0.2) is 18.2 Å². The summed E-state index contributed by atoms with van der Waals surface area (Å²) >= 11 is 0. The molecule has 0 amide bonds. The molecule has 1 aliphatic carbocycles. The Kier molecular flexibility index (Phi) is 3.88. The summed E-state index contributed by atoms with van der Waals surface area (Å²) in [6.07, 6.45) is 7.34. The van der Waals surface area contributed by atoms with Crippen LogP contribution in [0.3, 0.4) is 0 Å². The van der Waals surface area contributed by atoms with Crippen LogP contribution < -0.4 is 4.90 Å². The maximum atomic E-state index is 10.1. The molecule has 1 aliphatic heterocycles. The second-order valence-electron chi connectivity index (χ2n) is 6.37. The first-order valence-corrected chi connectivity index (χ1v) is 7.94. The number of phenols is 1. The van der Waals surface area contributed by atoms with Gasteiger partial charge >= 0.3 is 0 Å². The number of anilines is 1. The van der Waals surface area contributed by atoms with E-state index in [4.69, 9.17) is 0 Å². The normalized spacial score (nSPS) is 28.0. The lowest BCUT2D eigenvalue weighted by Gasteiger charge is -2.45. The molecular formula is C17H25NO2. The lowest BCUT2D eigenvalue weighted by Crippen LogP contribution is -2.46. The highest BCUT2D eigenvalue weighted by atomic mass is 16.3. The summed E-state index contributed by atoms with van der Waals surface area (Å²) in [7, 11) is 0. The van der Waals surface area contributed by atoms with Crippen molar-refractivity contribution in [2.75, 3.05) is 11.4 Å². The molecular weight excluding hydrogens is 250 g/mol. The Bertz CT molecular complexity index is 470. The van der Waals surface area contributed by atoms with Crippen LogP contribution in [0.4, 0.5) is 5.69 Å². The van der Waals surface area contributed by atoms with Crippen LogP contribution in [-0.4, -0.2) is 22.8 Å². The minimum Gasteiger partial charge on any atom is -0.507 e. The molecule has 20 heavy (non-hydrogen) atoms. The third-order valence-electron chi connectivity index (χ3n) is 5.04. The second kappa shape index (κ2) is 5.65. The molecule has 2 fully saturated rings. The van der Waals surface area contributed by atoms with Crippen LogP contribution in [0.5, 0.6) is 5.75 Å². The van der Waals surface area contributed by atoms with E-state index < -0.39 is 6.10 Å². The molecule has 1 aromatic carbocycles. The number of phenolic OH excluding ortho intramolecular Hbond substituents is 1. The van der Waals surface area contributed by atoms with Gasteiger partial charge in [0.1, 0.15) is 5.75 Å². The van der Waals surface area contributed by atoms with Crippen LogP contribution in [0.25, 0.3) is 0 Å². The van der Waals surface area contributed by atoms with Gasteiger partial charge in [-0.1, -0.05) is 18.9 Å². The van der Waals surface area contributed by atoms with E-state index in [1.165, 1.54) is 38.5 Å². The number of aliphatic hydroxyl groups is 1. The molecule has 0 bridgehead atoms. The molecule has 110 valence electrons. The highest BCUT2D eigenvalue weighted by Gasteiger charge is 2.33. The monoisotopic (exact) mass is 275 g/mol. The average Bonchev–Trinajstić information content (AvgIpc) is 2.46. The van der Waals surface area contributed by atoms with Crippen molar-refractivity contribution in [3.05, 3.63) is 23.8 Å². The molecule has 1 unspecified atom stereocenters. The summed E-state index contributed by atoms with van der Waals surface area (Å²) in [6.45, 7) is 2.78. The topological polar surface area (TPSA) is 43.7 Å². The number of nitrogens with zero attached hydrogens (tertiary/aromatic N) is 1. The van der Waals surface area contributed by atoms with Crippen molar-refractivity contribution in [2.24, 2.45) is 5.92 Å². The van der Waals surface area contributed by atoms with E-state index in [0.29, 0.717) is 11.6 Å². The van der Waals surface area contributed by atoms with Crippen LogP contribution in [-0.2, 0) is 0 Å². The zero-order valence-corrected chi connectivity index (χ0v) is 12.3. The van der Waals surface area contributed by atoms with Crippen molar-refractivity contribution < 1.29 is 10.2 Å². The van der Waals surface area contributed by atoms with Crippen LogP contribution >= 0.6 is 0 Å². The van der Waals surface area contributed by atoms with E-state index >= 15 is 0 Å². The van der Waals surface area contributed by atoms with Gasteiger partial charge in [-0.05, 0) is 44.6 Å². The van der Waals surface area contributed by atoms with E-state index in [0.717, 1.165) is 18.2 Å². The van der Waals surface area contributed by atoms with Crippen molar-refractivity contribution >= 4 is 5.69 Å². The van der Waals surface area contributed by atoms with E-state index in [1.807, 2.05) is 12.1 Å². The highest BCUT2D eigenvalue weighted by Crippen LogP contribution is 2.39. The quantitative estimate of drug-likeness (QED) is 0.866. The summed E-state index contributed by atoms with van der Waals surface area (Å²) in [6, 6.07) is 6.40. The van der Waals surface area contributed by atoms with Gasteiger partial charge in [0, 0.05) is 29.9 Å². The fraction of sp³-hybridized carbons (Fsp3) is 0.647. The van der Waals surface area contributed by atoms with Crippen molar-refractivity contribution in [1.29, 1.82) is 0 Å². The molecule has 0 spiro atoms. The summed E-state index contributed by atoms with van der Waals surface area (Å²) in [5.74, 6) is 1.05. The lowest BCUT2D eigenvalue weighted by atomic mass is 9.78. The number of aromatic hydroxyl groups is 1. The molecule has 1 heterocycles. The van der Waals surface area contributed by atoms with Crippen molar-refractivity contribution in [1.82, 2.24) is 0 Å². The zero-order chi connectivity index (χ0) is 14.1. The van der Waals surface area contributed by atoms with E-state index in [2.05, 4.69) is 11.0 Å². The average molecular weight is 275 g/mol. The Morgan fingerprint density at radius 1 is 1.15 bits per heavy atom. The minimum atomic E-state index is -0.618. The van der Waals surface area contributed by atoms with E-state index in [1.54, 1.807) is 6.92 Å². The number of rotatable bonds is 2. The van der Waals surface area contributed by atoms with Gasteiger partial charge in [0.2, 0.25) is 0 Å². The molecule has 1 aromatic rings. The molecule has 3 nitrogen and oxygen atoms in total. The summed E-state index contributed by atoms with van der Waals surface area (Å²) in [5.41, 5.74) is 1.73. The predicted molar refractivity (Wildman–Crippen MR) is 81.1 cm³/mol. The van der Waals surface area contributed by atoms with E-state index in [9.17, 15) is 10.2 Å². The number of hydrogen-bond donors (Lipinski definition) is 2. The maximum absolute atomic E-state index is 10.1. The predicted octanol–water partition coefficient (Wildman–Crippen LogP) is 3.60. The number of piperidine rings is 1. The zero-order valence-electron chi connectivity index (χ0n) is 12.3. The van der Waals surface area contributed by atoms with Gasteiger partial charge in [-0.15, -0.1) is 0 Å². The summed E-state index contributed by atoms with van der Waals surface area (Å²) in [4.78, 5) is 2.48. The number of hydrogen-bond acceptors (Lipinski definition) is 3. The smallest absolute Gasteiger partial charge is 0.123 e. The molecule has 1 saturated carbocycles. The molecule has 3 heteroatoms. The van der Waals surface area contributed by atoms with Gasteiger partial charge in [-0.25, -0.2) is 0 Å². The first-order valence-electron chi connectivity index (χ1n) is 7.94. The lowest BCUT2D eigenvalue weighted by molar-refractivity contribution is 0.195. The Labute approximate surface area is 121 Å². The Morgan fingerprint density at radius 3 is 2.65 bits per heavy atom. The minimum absolute atomic E-state index is 0.218. The standard InChI is InChI=1S/C17H25NO2/c1-12(19)15-9-8-14(11-17(15)20)18-10-4-6-13-5-2-3-7-16(13)18/h8-9,11-13,16,19-20H,2-7,10H2,1H3/t12?,13-,16-/m1/s1. The SMILES string of the molecule is CC(O)c1ccc(N2CCC[C@H]3CCCC[C@H]32)cc1O. The number of fused-ring (bicyclic) bond motifs is 1. The number of aliphatic hydroxyl groups excluding tert-OH is 1. The van der Waals surface area contributed by atoms with Crippen molar-refractivity contribution in [3.8, 4) is 5.75 Å². The second-order valence-corrected chi connectivity index (χ2v) is 6.37. The summed E-state index contributed by atoms with van der Waals surface area (Å²) in [5, 5.41) is 19.7. The van der Waals surface area contributed by atoms with Crippen LogP contribution in [0, 0.1) is 5.92 Å². The van der Waals surface area contributed by atoms with Gasteiger partial charge in [0.15, 0.2) is 0 Å². The molecule has 0 aromatic heterocycles. The molecule has 3 rings (SSSR count). The molecule has 3 atom stereocenters.